The van der Waals surface area contributed by atoms with Gasteiger partial charge < -0.3 is 13.9 Å². The molecule has 22 heavy (non-hydrogen) atoms. The molecule has 2 aromatic rings. The zero-order valence-electron chi connectivity index (χ0n) is 11.7. The van der Waals surface area contributed by atoms with Gasteiger partial charge in [0.1, 0.15) is 18.1 Å². The molecule has 7 heteroatoms. The summed E-state index contributed by atoms with van der Waals surface area (Å²) in [6.45, 7) is -0.133. The minimum atomic E-state index is -0.593. The van der Waals surface area contributed by atoms with Gasteiger partial charge >= 0.3 is 5.97 Å². The first-order valence-electron chi connectivity index (χ1n) is 6.30. The Morgan fingerprint density at radius 1 is 1.41 bits per heavy atom. The predicted molar refractivity (Wildman–Crippen MR) is 77.2 cm³/mol. The molecule has 0 saturated heterocycles. The fraction of sp³-hybridized carbons (Fsp3) is 0.133. The number of benzene rings is 1. The van der Waals surface area contributed by atoms with Crippen LogP contribution in [0.2, 0.25) is 0 Å². The van der Waals surface area contributed by atoms with E-state index in [0.29, 0.717) is 17.1 Å². The SMILES string of the molecule is COc1ccc([N+](=O)[O-])cc1COC(=O)C=Cc1ccco1. The van der Waals surface area contributed by atoms with E-state index in [1.807, 2.05) is 0 Å². The largest absolute Gasteiger partial charge is 0.496 e. The summed E-state index contributed by atoms with van der Waals surface area (Å²) >= 11 is 0. The van der Waals surface area contributed by atoms with E-state index >= 15 is 0 Å². The van der Waals surface area contributed by atoms with Crippen molar-refractivity contribution in [1.29, 1.82) is 0 Å². The Labute approximate surface area is 125 Å². The minimum absolute atomic E-state index is 0.0991. The van der Waals surface area contributed by atoms with Crippen molar-refractivity contribution >= 4 is 17.7 Å². The highest BCUT2D eigenvalue weighted by Crippen LogP contribution is 2.24. The number of non-ortho nitro benzene ring substituents is 1. The van der Waals surface area contributed by atoms with Gasteiger partial charge in [0.05, 0.1) is 18.3 Å². The van der Waals surface area contributed by atoms with Crippen LogP contribution in [-0.2, 0) is 16.1 Å². The van der Waals surface area contributed by atoms with Crippen molar-refractivity contribution in [2.75, 3.05) is 7.11 Å². The van der Waals surface area contributed by atoms with Crippen LogP contribution in [0.1, 0.15) is 11.3 Å². The van der Waals surface area contributed by atoms with Crippen molar-refractivity contribution in [3.05, 3.63) is 64.1 Å². The fourth-order valence-electron chi connectivity index (χ4n) is 1.72. The first kappa shape index (κ1) is 15.3. The second kappa shape index (κ2) is 7.07. The molecule has 0 unspecified atom stereocenters. The summed E-state index contributed by atoms with van der Waals surface area (Å²) in [5.41, 5.74) is 0.314. The van der Waals surface area contributed by atoms with E-state index in [1.165, 1.54) is 43.7 Å². The van der Waals surface area contributed by atoms with Crippen LogP contribution in [0, 0.1) is 10.1 Å². The van der Waals surface area contributed by atoms with Crippen molar-refractivity contribution < 1.29 is 23.6 Å². The quantitative estimate of drug-likeness (QED) is 0.352. The van der Waals surface area contributed by atoms with Gasteiger partial charge in [-0.3, -0.25) is 10.1 Å². The lowest BCUT2D eigenvalue weighted by molar-refractivity contribution is -0.385. The number of esters is 1. The van der Waals surface area contributed by atoms with Crippen molar-refractivity contribution in [2.45, 2.75) is 6.61 Å². The summed E-state index contributed by atoms with van der Waals surface area (Å²) in [5, 5.41) is 10.8. The third kappa shape index (κ3) is 3.95. The van der Waals surface area contributed by atoms with Gasteiger partial charge in [-0.15, -0.1) is 0 Å². The molecular weight excluding hydrogens is 290 g/mol. The average molecular weight is 303 g/mol. The Hall–Kier alpha value is -3.09. The van der Waals surface area contributed by atoms with Crippen molar-refractivity contribution in [2.24, 2.45) is 0 Å². The van der Waals surface area contributed by atoms with Crippen molar-refractivity contribution in [1.82, 2.24) is 0 Å². The number of carbonyl (C=O) groups is 1. The second-order valence-corrected chi connectivity index (χ2v) is 4.21. The first-order valence-corrected chi connectivity index (χ1v) is 6.30. The average Bonchev–Trinajstić information content (AvgIpc) is 3.03. The summed E-state index contributed by atoms with van der Waals surface area (Å²) in [5.74, 6) is 0.336. The number of nitro benzene ring substituents is 1. The van der Waals surface area contributed by atoms with Crippen LogP contribution in [0.25, 0.3) is 6.08 Å². The number of methoxy groups -OCH3 is 1. The van der Waals surface area contributed by atoms with E-state index in [1.54, 1.807) is 12.1 Å². The molecule has 0 spiro atoms. The maximum absolute atomic E-state index is 11.6. The van der Waals surface area contributed by atoms with E-state index in [-0.39, 0.29) is 12.3 Å². The summed E-state index contributed by atoms with van der Waals surface area (Å²) in [6.07, 6.45) is 4.16. The van der Waals surface area contributed by atoms with E-state index in [9.17, 15) is 14.9 Å². The Kier molecular flexibility index (Phi) is 4.92. The van der Waals surface area contributed by atoms with Crippen molar-refractivity contribution in [3.8, 4) is 5.75 Å². The van der Waals surface area contributed by atoms with Crippen LogP contribution in [0.4, 0.5) is 5.69 Å². The lowest BCUT2D eigenvalue weighted by atomic mass is 10.2. The number of nitro groups is 1. The molecule has 0 saturated carbocycles. The molecule has 0 N–H and O–H groups in total. The van der Waals surface area contributed by atoms with E-state index < -0.39 is 10.9 Å². The molecule has 0 aliphatic carbocycles. The molecule has 7 nitrogen and oxygen atoms in total. The molecule has 1 heterocycles. The van der Waals surface area contributed by atoms with Crippen LogP contribution in [0.5, 0.6) is 5.75 Å². The first-order chi connectivity index (χ1) is 10.6. The van der Waals surface area contributed by atoms with Gasteiger partial charge in [0.25, 0.3) is 5.69 Å². The monoisotopic (exact) mass is 303 g/mol. The lowest BCUT2D eigenvalue weighted by Gasteiger charge is -2.08. The molecule has 0 bridgehead atoms. The van der Waals surface area contributed by atoms with E-state index in [2.05, 4.69) is 0 Å². The number of nitrogens with zero attached hydrogens (tertiary/aromatic N) is 1. The third-order valence-electron chi connectivity index (χ3n) is 2.77. The molecule has 1 aromatic heterocycles. The van der Waals surface area contributed by atoms with Crippen LogP contribution in [0.15, 0.2) is 47.1 Å². The minimum Gasteiger partial charge on any atom is -0.496 e. The number of furan rings is 1. The van der Waals surface area contributed by atoms with Crippen LogP contribution >= 0.6 is 0 Å². The fourth-order valence-corrected chi connectivity index (χ4v) is 1.72. The number of hydrogen-bond acceptors (Lipinski definition) is 6. The predicted octanol–water partition coefficient (Wildman–Crippen LogP) is 2.95. The molecule has 0 amide bonds. The van der Waals surface area contributed by atoms with Gasteiger partial charge in [0, 0.05) is 23.8 Å². The molecule has 0 aliphatic heterocycles. The molecule has 114 valence electrons. The van der Waals surface area contributed by atoms with Gasteiger partial charge in [0.2, 0.25) is 0 Å². The molecular formula is C15H13NO6. The maximum Gasteiger partial charge on any atom is 0.331 e. The van der Waals surface area contributed by atoms with Crippen molar-refractivity contribution in [3.63, 3.8) is 0 Å². The number of hydrogen-bond donors (Lipinski definition) is 0. The van der Waals surface area contributed by atoms with Gasteiger partial charge in [0.15, 0.2) is 0 Å². The summed E-state index contributed by atoms with van der Waals surface area (Å²) in [4.78, 5) is 21.8. The number of carbonyl (C=O) groups excluding carboxylic acids is 1. The summed E-state index contributed by atoms with van der Waals surface area (Å²) in [6, 6.07) is 7.47. The summed E-state index contributed by atoms with van der Waals surface area (Å²) < 4.78 is 15.2. The lowest BCUT2D eigenvalue weighted by Crippen LogP contribution is -2.03. The Balaban J connectivity index is 2.02. The van der Waals surface area contributed by atoms with Gasteiger partial charge in [-0.1, -0.05) is 0 Å². The zero-order chi connectivity index (χ0) is 15.9. The molecule has 0 fully saturated rings. The van der Waals surface area contributed by atoms with Crippen LogP contribution in [-0.4, -0.2) is 18.0 Å². The van der Waals surface area contributed by atoms with Crippen LogP contribution in [0.3, 0.4) is 0 Å². The molecule has 2 rings (SSSR count). The van der Waals surface area contributed by atoms with E-state index in [4.69, 9.17) is 13.9 Å². The molecule has 1 aromatic carbocycles. The topological polar surface area (TPSA) is 91.8 Å². The number of ether oxygens (including phenoxy) is 2. The second-order valence-electron chi connectivity index (χ2n) is 4.21. The number of rotatable bonds is 6. The Bertz CT molecular complexity index is 690. The highest BCUT2D eigenvalue weighted by Gasteiger charge is 2.12. The molecule has 0 atom stereocenters. The smallest absolute Gasteiger partial charge is 0.331 e. The van der Waals surface area contributed by atoms with Gasteiger partial charge in [-0.05, 0) is 24.3 Å². The Morgan fingerprint density at radius 3 is 2.86 bits per heavy atom. The highest BCUT2D eigenvalue weighted by molar-refractivity contribution is 5.86. The normalized spacial score (nSPS) is 10.6. The highest BCUT2D eigenvalue weighted by atomic mass is 16.6. The van der Waals surface area contributed by atoms with E-state index in [0.717, 1.165) is 0 Å². The zero-order valence-corrected chi connectivity index (χ0v) is 11.7. The van der Waals surface area contributed by atoms with Gasteiger partial charge in [-0.25, -0.2) is 4.79 Å². The molecule has 0 radical (unpaired) electrons. The van der Waals surface area contributed by atoms with Gasteiger partial charge in [-0.2, -0.15) is 0 Å². The summed E-state index contributed by atoms with van der Waals surface area (Å²) in [7, 11) is 1.43. The molecule has 0 aliphatic rings. The standard InChI is InChI=1S/C15H13NO6/c1-20-14-6-4-12(16(18)19)9-11(14)10-22-15(17)7-5-13-3-2-8-21-13/h2-9H,10H2,1H3. The Morgan fingerprint density at radius 2 is 2.23 bits per heavy atom. The maximum atomic E-state index is 11.6. The third-order valence-corrected chi connectivity index (χ3v) is 2.77. The van der Waals surface area contributed by atoms with Crippen LogP contribution < -0.4 is 4.74 Å².